The molecule has 160 valence electrons. The fourth-order valence-corrected chi connectivity index (χ4v) is 4.03. The second-order valence-electron chi connectivity index (χ2n) is 7.92. The summed E-state index contributed by atoms with van der Waals surface area (Å²) in [7, 11) is 1.51. The lowest BCUT2D eigenvalue weighted by Crippen LogP contribution is -2.48. The van der Waals surface area contributed by atoms with Crippen LogP contribution in [0.25, 0.3) is 0 Å². The Balaban J connectivity index is 1.49. The van der Waals surface area contributed by atoms with E-state index >= 15 is 0 Å². The van der Waals surface area contributed by atoms with Crippen LogP contribution in [0.2, 0.25) is 0 Å². The molecule has 30 heavy (non-hydrogen) atoms. The molecule has 9 heteroatoms. The predicted molar refractivity (Wildman–Crippen MR) is 104 cm³/mol. The first-order chi connectivity index (χ1) is 14.3. The second-order valence-corrected chi connectivity index (χ2v) is 7.92. The minimum Gasteiger partial charge on any atom is -0.494 e. The molecule has 2 aliphatic rings. The van der Waals surface area contributed by atoms with Gasteiger partial charge in [0.1, 0.15) is 11.6 Å². The Morgan fingerprint density at radius 3 is 2.70 bits per heavy atom. The minimum atomic E-state index is -4.42. The number of nitrogens with one attached hydrogen (secondary N) is 1. The average molecular weight is 420 g/mol. The first-order valence-corrected chi connectivity index (χ1v) is 9.86. The van der Waals surface area contributed by atoms with Crippen molar-refractivity contribution in [2.75, 3.05) is 25.5 Å². The lowest BCUT2D eigenvalue weighted by atomic mass is 10.0. The largest absolute Gasteiger partial charge is 0.494 e. The summed E-state index contributed by atoms with van der Waals surface area (Å²) in [4.78, 5) is 23.3. The van der Waals surface area contributed by atoms with Gasteiger partial charge < -0.3 is 15.0 Å². The van der Waals surface area contributed by atoms with Crippen molar-refractivity contribution in [3.05, 3.63) is 47.4 Å². The molecule has 1 aliphatic heterocycles. The summed E-state index contributed by atoms with van der Waals surface area (Å²) in [5, 5.41) is 3.08. The van der Waals surface area contributed by atoms with E-state index in [-0.39, 0.29) is 17.6 Å². The maximum Gasteiger partial charge on any atom is 0.417 e. The molecule has 1 saturated heterocycles. The van der Waals surface area contributed by atoms with Crippen LogP contribution in [0.1, 0.15) is 34.6 Å². The van der Waals surface area contributed by atoms with Crippen LogP contribution >= 0.6 is 0 Å². The fourth-order valence-electron chi connectivity index (χ4n) is 4.03. The molecule has 0 unspecified atom stereocenters. The molecule has 2 aromatic heterocycles. The normalized spacial score (nSPS) is 23.0. The number of piperidine rings is 1. The Hall–Kier alpha value is -2.84. The zero-order valence-corrected chi connectivity index (χ0v) is 16.7. The van der Waals surface area contributed by atoms with E-state index in [4.69, 9.17) is 4.74 Å². The third-order valence-corrected chi connectivity index (χ3v) is 5.81. The number of aryl methyl sites for hydroxylation is 1. The molecule has 6 nitrogen and oxygen atoms in total. The van der Waals surface area contributed by atoms with E-state index in [0.717, 1.165) is 30.8 Å². The number of likely N-dealkylation sites (tertiary alicyclic amines) is 1. The molecule has 1 amide bonds. The van der Waals surface area contributed by atoms with Gasteiger partial charge in [-0.25, -0.2) is 9.97 Å². The van der Waals surface area contributed by atoms with Crippen LogP contribution in [0.15, 0.2) is 30.5 Å². The van der Waals surface area contributed by atoms with Crippen LogP contribution in [-0.2, 0) is 6.18 Å². The van der Waals surface area contributed by atoms with E-state index in [2.05, 4.69) is 15.3 Å². The molecule has 2 aromatic rings. The predicted octanol–water partition coefficient (Wildman–Crippen LogP) is 3.78. The van der Waals surface area contributed by atoms with Crippen molar-refractivity contribution in [1.82, 2.24) is 14.9 Å². The Labute approximate surface area is 172 Å². The number of methoxy groups -OCH3 is 1. The second kappa shape index (κ2) is 7.77. The summed E-state index contributed by atoms with van der Waals surface area (Å²) in [6.07, 6.45) is -1.67. The van der Waals surface area contributed by atoms with Gasteiger partial charge in [0.2, 0.25) is 0 Å². The topological polar surface area (TPSA) is 67.3 Å². The van der Waals surface area contributed by atoms with Crippen molar-refractivity contribution >= 4 is 11.7 Å². The van der Waals surface area contributed by atoms with Crippen molar-refractivity contribution in [2.24, 2.45) is 11.8 Å². The molecular formula is C21H23F3N4O2. The average Bonchev–Trinajstić information content (AvgIpc) is 3.49. The van der Waals surface area contributed by atoms with Crippen molar-refractivity contribution in [2.45, 2.75) is 32.0 Å². The molecular weight excluding hydrogens is 397 g/mol. The molecule has 1 aliphatic carbocycles. The van der Waals surface area contributed by atoms with E-state index in [1.807, 2.05) is 11.8 Å². The van der Waals surface area contributed by atoms with Crippen LogP contribution < -0.4 is 10.1 Å². The van der Waals surface area contributed by atoms with Gasteiger partial charge in [0.15, 0.2) is 5.69 Å². The first-order valence-electron chi connectivity index (χ1n) is 9.86. The molecule has 1 saturated carbocycles. The van der Waals surface area contributed by atoms with Gasteiger partial charge in [-0.1, -0.05) is 0 Å². The highest BCUT2D eigenvalue weighted by molar-refractivity contribution is 5.95. The number of pyridine rings is 2. The van der Waals surface area contributed by atoms with Gasteiger partial charge in [-0.05, 0) is 55.9 Å². The number of carbonyl (C=O) groups is 1. The number of aromatic nitrogens is 2. The molecule has 0 radical (unpaired) electrons. The molecule has 4 rings (SSSR count). The van der Waals surface area contributed by atoms with Gasteiger partial charge in [0, 0.05) is 31.0 Å². The van der Waals surface area contributed by atoms with Gasteiger partial charge in [-0.3, -0.25) is 4.79 Å². The number of anilines is 1. The summed E-state index contributed by atoms with van der Waals surface area (Å²) < 4.78 is 43.5. The number of carbonyl (C=O) groups excluding carboxylic acids is 1. The van der Waals surface area contributed by atoms with E-state index in [1.165, 1.54) is 13.2 Å². The molecule has 1 N–H and O–H groups in total. The number of nitrogens with zero attached hydrogens (tertiary/aromatic N) is 3. The zero-order valence-electron chi connectivity index (χ0n) is 16.7. The van der Waals surface area contributed by atoms with E-state index in [0.29, 0.717) is 36.5 Å². The Bertz CT molecular complexity index is 933. The van der Waals surface area contributed by atoms with E-state index in [9.17, 15) is 18.0 Å². The smallest absolute Gasteiger partial charge is 0.417 e. The third kappa shape index (κ3) is 4.20. The highest BCUT2D eigenvalue weighted by Crippen LogP contribution is 2.47. The maximum atomic E-state index is 13.3. The molecule has 0 aromatic carbocycles. The third-order valence-electron chi connectivity index (χ3n) is 5.81. The quantitative estimate of drug-likeness (QED) is 0.798. The Morgan fingerprint density at radius 2 is 2.03 bits per heavy atom. The Kier molecular flexibility index (Phi) is 5.29. The van der Waals surface area contributed by atoms with E-state index in [1.54, 1.807) is 12.1 Å². The number of fused-ring (bicyclic) bond motifs is 1. The van der Waals surface area contributed by atoms with E-state index < -0.39 is 11.7 Å². The number of ether oxygens (including phenoxy) is 1. The molecule has 0 spiro atoms. The number of hydrogen-bond acceptors (Lipinski definition) is 5. The lowest BCUT2D eigenvalue weighted by molar-refractivity contribution is -0.137. The summed E-state index contributed by atoms with van der Waals surface area (Å²) in [6.45, 7) is 2.87. The first kappa shape index (κ1) is 20.4. The monoisotopic (exact) mass is 420 g/mol. The van der Waals surface area contributed by atoms with Gasteiger partial charge in [-0.2, -0.15) is 13.2 Å². The number of rotatable bonds is 5. The molecule has 0 bridgehead atoms. The summed E-state index contributed by atoms with van der Waals surface area (Å²) in [5.41, 5.74) is 0.222. The lowest BCUT2D eigenvalue weighted by Gasteiger charge is -2.35. The summed E-state index contributed by atoms with van der Waals surface area (Å²) >= 11 is 0. The van der Waals surface area contributed by atoms with Crippen LogP contribution in [0.4, 0.5) is 19.0 Å². The van der Waals surface area contributed by atoms with Crippen molar-refractivity contribution in [3.8, 4) is 5.75 Å². The van der Waals surface area contributed by atoms with Crippen LogP contribution in [0.5, 0.6) is 5.75 Å². The molecule has 3 heterocycles. The highest BCUT2D eigenvalue weighted by Gasteiger charge is 2.47. The van der Waals surface area contributed by atoms with Crippen molar-refractivity contribution in [3.63, 3.8) is 0 Å². The number of halogens is 3. The summed E-state index contributed by atoms with van der Waals surface area (Å²) in [5.74, 6) is 1.69. The number of hydrogen-bond donors (Lipinski definition) is 1. The standard InChI is InChI=1S/C21H23F3N4O2/c1-12-3-5-17(30-2)19(27-12)20(29)28-11-14-7-13(14)8-16(28)10-26-18-6-4-15(9-25-18)21(22,23)24/h3-6,9,13-14,16H,7-8,10-11H2,1-2H3,(H,25,26)/t13-,14+,16+/m1/s1. The molecule has 3 atom stereocenters. The van der Waals surface area contributed by atoms with Gasteiger partial charge in [0.25, 0.3) is 5.91 Å². The fraction of sp³-hybridized carbons (Fsp3) is 0.476. The van der Waals surface area contributed by atoms with Gasteiger partial charge in [-0.15, -0.1) is 0 Å². The highest BCUT2D eigenvalue weighted by atomic mass is 19.4. The van der Waals surface area contributed by atoms with Crippen molar-refractivity contribution in [1.29, 1.82) is 0 Å². The van der Waals surface area contributed by atoms with Crippen LogP contribution in [-0.4, -0.2) is 47.0 Å². The van der Waals surface area contributed by atoms with Gasteiger partial charge in [0.05, 0.1) is 12.7 Å². The minimum absolute atomic E-state index is 0.0997. The SMILES string of the molecule is COc1ccc(C)nc1C(=O)N1C[C@@H]2C[C@@H]2C[C@H]1CNc1ccc(C(F)(F)F)cn1. The van der Waals surface area contributed by atoms with Crippen molar-refractivity contribution < 1.29 is 22.7 Å². The maximum absolute atomic E-state index is 13.3. The number of amides is 1. The van der Waals surface area contributed by atoms with Crippen LogP contribution in [0, 0.1) is 18.8 Å². The number of alkyl halides is 3. The molecule has 2 fully saturated rings. The van der Waals surface area contributed by atoms with Gasteiger partial charge >= 0.3 is 6.18 Å². The Morgan fingerprint density at radius 1 is 1.23 bits per heavy atom. The summed E-state index contributed by atoms with van der Waals surface area (Å²) in [6, 6.07) is 5.73. The van der Waals surface area contributed by atoms with Crippen LogP contribution in [0.3, 0.4) is 0 Å². The zero-order chi connectivity index (χ0) is 21.5.